The molecule has 0 spiro atoms. The van der Waals surface area contributed by atoms with Crippen LogP contribution in [0, 0.1) is 5.92 Å². The number of halogens is 2. The van der Waals surface area contributed by atoms with Crippen molar-refractivity contribution in [2.45, 2.75) is 83.3 Å². The zero-order valence-electron chi connectivity index (χ0n) is 16.4. The lowest BCUT2D eigenvalue weighted by molar-refractivity contribution is -0.143. The molecule has 3 nitrogen and oxygen atoms in total. The van der Waals surface area contributed by atoms with Crippen LogP contribution in [0.3, 0.4) is 0 Å². The van der Waals surface area contributed by atoms with Gasteiger partial charge in [-0.2, -0.15) is 0 Å². The summed E-state index contributed by atoms with van der Waals surface area (Å²) in [5, 5.41) is 0. The molecule has 2 aliphatic heterocycles. The number of nitrogens with zero attached hydrogens (tertiary/aromatic N) is 3. The molecule has 0 aromatic rings. The maximum absolute atomic E-state index is 15.0. The van der Waals surface area contributed by atoms with Gasteiger partial charge in [0.25, 0.3) is 5.92 Å². The first-order chi connectivity index (χ1) is 11.9. The molecule has 2 saturated heterocycles. The standard InChI is InChI=1S/C20H37F2N3/c1-4-17-5-7-18(8-6-17)25-10-9-19(20(21,22)15-25)24-13-11-23(12-14-24)16(2)3/h16-19H,4-15H2,1-3H3/t17?,18?,19-/m0/s1. The average molecular weight is 358 g/mol. The van der Waals surface area contributed by atoms with Crippen molar-refractivity contribution in [2.24, 2.45) is 5.92 Å². The molecule has 0 amide bonds. The number of piperazine rings is 1. The molecule has 146 valence electrons. The normalized spacial score (nSPS) is 36.0. The van der Waals surface area contributed by atoms with E-state index in [9.17, 15) is 8.78 Å². The Balaban J connectivity index is 1.53. The van der Waals surface area contributed by atoms with Gasteiger partial charge in [0, 0.05) is 44.8 Å². The highest BCUT2D eigenvalue weighted by atomic mass is 19.3. The van der Waals surface area contributed by atoms with E-state index in [0.717, 1.165) is 51.5 Å². The van der Waals surface area contributed by atoms with Gasteiger partial charge in [-0.25, -0.2) is 8.78 Å². The smallest absolute Gasteiger partial charge is 0.275 e. The van der Waals surface area contributed by atoms with E-state index in [0.29, 0.717) is 18.5 Å². The Morgan fingerprint density at radius 3 is 2.04 bits per heavy atom. The van der Waals surface area contributed by atoms with Crippen LogP contribution in [0.25, 0.3) is 0 Å². The molecule has 2 heterocycles. The summed E-state index contributed by atoms with van der Waals surface area (Å²) in [4.78, 5) is 6.59. The van der Waals surface area contributed by atoms with Gasteiger partial charge >= 0.3 is 0 Å². The first-order valence-electron chi connectivity index (χ1n) is 10.5. The van der Waals surface area contributed by atoms with Crippen LogP contribution in [0.15, 0.2) is 0 Å². The summed E-state index contributed by atoms with van der Waals surface area (Å²) in [6.45, 7) is 10.9. The van der Waals surface area contributed by atoms with Crippen LogP contribution in [-0.4, -0.2) is 78.0 Å². The molecule has 3 fully saturated rings. The molecule has 0 N–H and O–H groups in total. The minimum Gasteiger partial charge on any atom is -0.298 e. The quantitative estimate of drug-likeness (QED) is 0.760. The van der Waals surface area contributed by atoms with Crippen LogP contribution in [-0.2, 0) is 0 Å². The van der Waals surface area contributed by atoms with Gasteiger partial charge in [0.05, 0.1) is 12.6 Å². The summed E-state index contributed by atoms with van der Waals surface area (Å²) in [7, 11) is 0. The third kappa shape index (κ3) is 4.54. The van der Waals surface area contributed by atoms with Crippen molar-refractivity contribution in [2.75, 3.05) is 39.3 Å². The second-order valence-electron chi connectivity index (χ2n) is 8.78. The maximum Gasteiger partial charge on any atom is 0.275 e. The van der Waals surface area contributed by atoms with E-state index in [4.69, 9.17) is 0 Å². The van der Waals surface area contributed by atoms with Crippen LogP contribution in [0.1, 0.15) is 59.3 Å². The topological polar surface area (TPSA) is 9.72 Å². The van der Waals surface area contributed by atoms with Gasteiger partial charge in [-0.1, -0.05) is 13.3 Å². The molecule has 0 unspecified atom stereocenters. The Bertz CT molecular complexity index is 413. The van der Waals surface area contributed by atoms with Crippen LogP contribution < -0.4 is 0 Å². The van der Waals surface area contributed by atoms with Crippen molar-refractivity contribution in [1.29, 1.82) is 0 Å². The molecule has 1 atom stereocenters. The molecule has 0 aromatic heterocycles. The number of rotatable bonds is 4. The Morgan fingerprint density at radius 1 is 0.880 bits per heavy atom. The third-order valence-corrected chi connectivity index (χ3v) is 7.02. The lowest BCUT2D eigenvalue weighted by atomic mass is 9.83. The summed E-state index contributed by atoms with van der Waals surface area (Å²) >= 11 is 0. The summed E-state index contributed by atoms with van der Waals surface area (Å²) < 4.78 is 29.9. The summed E-state index contributed by atoms with van der Waals surface area (Å²) in [5.74, 6) is -1.74. The van der Waals surface area contributed by atoms with Crippen molar-refractivity contribution in [3.63, 3.8) is 0 Å². The van der Waals surface area contributed by atoms with E-state index in [1.54, 1.807) is 0 Å². The Hall–Kier alpha value is -0.260. The zero-order chi connectivity index (χ0) is 18.0. The highest BCUT2D eigenvalue weighted by Gasteiger charge is 2.49. The van der Waals surface area contributed by atoms with Crippen molar-refractivity contribution in [1.82, 2.24) is 14.7 Å². The summed E-state index contributed by atoms with van der Waals surface area (Å²) in [5.41, 5.74) is 0. The molecule has 1 saturated carbocycles. The highest BCUT2D eigenvalue weighted by molar-refractivity contribution is 4.97. The summed E-state index contributed by atoms with van der Waals surface area (Å²) in [6, 6.07) is 0.361. The second-order valence-corrected chi connectivity index (χ2v) is 8.78. The number of alkyl halides is 2. The van der Waals surface area contributed by atoms with E-state index < -0.39 is 12.0 Å². The van der Waals surface area contributed by atoms with Crippen LogP contribution in [0.4, 0.5) is 8.78 Å². The monoisotopic (exact) mass is 357 g/mol. The van der Waals surface area contributed by atoms with Crippen molar-refractivity contribution in [3.8, 4) is 0 Å². The number of hydrogen-bond acceptors (Lipinski definition) is 3. The molecule has 5 heteroatoms. The molecule has 25 heavy (non-hydrogen) atoms. The average Bonchev–Trinajstić information content (AvgIpc) is 2.61. The van der Waals surface area contributed by atoms with Gasteiger partial charge in [0.2, 0.25) is 0 Å². The molecule has 0 radical (unpaired) electrons. The highest BCUT2D eigenvalue weighted by Crippen LogP contribution is 2.36. The van der Waals surface area contributed by atoms with Gasteiger partial charge in [-0.05, 0) is 51.9 Å². The first-order valence-corrected chi connectivity index (χ1v) is 10.5. The predicted molar refractivity (Wildman–Crippen MR) is 99.2 cm³/mol. The van der Waals surface area contributed by atoms with Gasteiger partial charge in [-0.3, -0.25) is 14.7 Å². The number of likely N-dealkylation sites (tertiary alicyclic amines) is 1. The lowest BCUT2D eigenvalue weighted by Crippen LogP contribution is -2.63. The lowest BCUT2D eigenvalue weighted by Gasteiger charge is -2.49. The molecule has 0 aromatic carbocycles. The van der Waals surface area contributed by atoms with Crippen molar-refractivity contribution >= 4 is 0 Å². The van der Waals surface area contributed by atoms with Crippen LogP contribution in [0.5, 0.6) is 0 Å². The van der Waals surface area contributed by atoms with Gasteiger partial charge in [0.1, 0.15) is 0 Å². The Kier molecular flexibility index (Phi) is 6.38. The zero-order valence-corrected chi connectivity index (χ0v) is 16.4. The largest absolute Gasteiger partial charge is 0.298 e. The second kappa shape index (κ2) is 8.18. The molecule has 3 aliphatic rings. The van der Waals surface area contributed by atoms with Crippen LogP contribution >= 0.6 is 0 Å². The minimum absolute atomic E-state index is 0.0243. The molecule has 3 rings (SSSR count). The van der Waals surface area contributed by atoms with Crippen LogP contribution in [0.2, 0.25) is 0 Å². The third-order valence-electron chi connectivity index (χ3n) is 7.02. The van der Waals surface area contributed by atoms with E-state index >= 15 is 0 Å². The van der Waals surface area contributed by atoms with E-state index in [1.165, 1.54) is 19.3 Å². The van der Waals surface area contributed by atoms with E-state index in [1.807, 2.05) is 0 Å². The molecule has 1 aliphatic carbocycles. The fraction of sp³-hybridized carbons (Fsp3) is 1.00. The SMILES string of the molecule is CCC1CCC(N2CC[C@H](N3CCN(C(C)C)CC3)C(F)(F)C2)CC1. The summed E-state index contributed by atoms with van der Waals surface area (Å²) in [6.07, 6.45) is 6.56. The fourth-order valence-corrected chi connectivity index (χ4v) is 5.20. The van der Waals surface area contributed by atoms with Crippen molar-refractivity contribution in [3.05, 3.63) is 0 Å². The maximum atomic E-state index is 15.0. The first kappa shape index (κ1) is 19.5. The fourth-order valence-electron chi connectivity index (χ4n) is 5.20. The molecule has 0 bridgehead atoms. The molecular weight excluding hydrogens is 320 g/mol. The van der Waals surface area contributed by atoms with Gasteiger partial charge < -0.3 is 0 Å². The van der Waals surface area contributed by atoms with E-state index in [2.05, 4.69) is 35.5 Å². The van der Waals surface area contributed by atoms with E-state index in [-0.39, 0.29) is 6.54 Å². The Labute approximate surface area is 152 Å². The predicted octanol–water partition coefficient (Wildman–Crippen LogP) is 3.69. The molecular formula is C20H37F2N3. The van der Waals surface area contributed by atoms with Gasteiger partial charge in [-0.15, -0.1) is 0 Å². The van der Waals surface area contributed by atoms with Crippen molar-refractivity contribution < 1.29 is 8.78 Å². The minimum atomic E-state index is -2.57. The number of hydrogen-bond donors (Lipinski definition) is 0. The Morgan fingerprint density at radius 2 is 1.52 bits per heavy atom. The number of piperidine rings is 1. The van der Waals surface area contributed by atoms with Gasteiger partial charge in [0.15, 0.2) is 0 Å².